The zero-order chi connectivity index (χ0) is 18.5. The molecule has 0 aliphatic heterocycles. The molecule has 3 aromatic carbocycles. The molecule has 1 amide bonds. The summed E-state index contributed by atoms with van der Waals surface area (Å²) < 4.78 is 11.1. The SMILES string of the molecule is COc1ccc([C@H](C)NC(=O)[C@H](C)Oc2cccc3ccccc23)cc1. The van der Waals surface area contributed by atoms with Crippen LogP contribution in [0.5, 0.6) is 11.5 Å². The van der Waals surface area contributed by atoms with Gasteiger partial charge in [-0.25, -0.2) is 0 Å². The van der Waals surface area contributed by atoms with Gasteiger partial charge in [0, 0.05) is 5.39 Å². The third kappa shape index (κ3) is 3.97. The molecule has 0 unspecified atom stereocenters. The van der Waals surface area contributed by atoms with Crippen LogP contribution < -0.4 is 14.8 Å². The van der Waals surface area contributed by atoms with E-state index >= 15 is 0 Å². The Morgan fingerprint density at radius 1 is 0.923 bits per heavy atom. The molecule has 0 fully saturated rings. The van der Waals surface area contributed by atoms with Gasteiger partial charge in [-0.15, -0.1) is 0 Å². The van der Waals surface area contributed by atoms with Crippen LogP contribution in [0.1, 0.15) is 25.5 Å². The van der Waals surface area contributed by atoms with Crippen molar-refractivity contribution in [1.82, 2.24) is 5.32 Å². The minimum atomic E-state index is -0.596. The van der Waals surface area contributed by atoms with E-state index < -0.39 is 6.10 Å². The monoisotopic (exact) mass is 349 g/mol. The van der Waals surface area contributed by atoms with E-state index in [9.17, 15) is 4.79 Å². The minimum absolute atomic E-state index is 0.119. The van der Waals surface area contributed by atoms with Gasteiger partial charge < -0.3 is 14.8 Å². The molecule has 0 heterocycles. The molecule has 4 heteroatoms. The molecule has 4 nitrogen and oxygen atoms in total. The molecule has 3 rings (SSSR count). The van der Waals surface area contributed by atoms with Crippen LogP contribution >= 0.6 is 0 Å². The standard InChI is InChI=1S/C22H23NO3/c1-15(17-11-13-19(25-3)14-12-17)23-22(24)16(2)26-21-10-6-8-18-7-4-5-9-20(18)21/h4-16H,1-3H3,(H,23,24)/t15-,16-/m0/s1. The van der Waals surface area contributed by atoms with Crippen molar-refractivity contribution in [3.63, 3.8) is 0 Å². The van der Waals surface area contributed by atoms with Crippen molar-refractivity contribution in [3.8, 4) is 11.5 Å². The van der Waals surface area contributed by atoms with Crippen LogP contribution in [0.2, 0.25) is 0 Å². The molecule has 0 aliphatic rings. The summed E-state index contributed by atoms with van der Waals surface area (Å²) >= 11 is 0. The lowest BCUT2D eigenvalue weighted by Gasteiger charge is -2.20. The summed E-state index contributed by atoms with van der Waals surface area (Å²) in [5.41, 5.74) is 1.01. The molecule has 0 bridgehead atoms. The Morgan fingerprint density at radius 2 is 1.62 bits per heavy atom. The summed E-state index contributed by atoms with van der Waals surface area (Å²) in [6.45, 7) is 3.71. The van der Waals surface area contributed by atoms with Crippen molar-refractivity contribution in [2.75, 3.05) is 7.11 Å². The van der Waals surface area contributed by atoms with Gasteiger partial charge in [0.2, 0.25) is 0 Å². The predicted molar refractivity (Wildman–Crippen MR) is 104 cm³/mol. The summed E-state index contributed by atoms with van der Waals surface area (Å²) in [7, 11) is 1.63. The van der Waals surface area contributed by atoms with E-state index in [-0.39, 0.29) is 11.9 Å². The van der Waals surface area contributed by atoms with Crippen LogP contribution in [0.15, 0.2) is 66.7 Å². The van der Waals surface area contributed by atoms with Gasteiger partial charge in [0.1, 0.15) is 11.5 Å². The molecule has 0 saturated heterocycles. The zero-order valence-electron chi connectivity index (χ0n) is 15.2. The van der Waals surface area contributed by atoms with Crippen LogP contribution in [0.4, 0.5) is 0 Å². The van der Waals surface area contributed by atoms with E-state index in [0.29, 0.717) is 5.75 Å². The van der Waals surface area contributed by atoms with Gasteiger partial charge in [0.25, 0.3) is 5.91 Å². The Morgan fingerprint density at radius 3 is 2.35 bits per heavy atom. The van der Waals surface area contributed by atoms with E-state index in [2.05, 4.69) is 5.32 Å². The molecule has 3 aromatic rings. The van der Waals surface area contributed by atoms with Gasteiger partial charge in [-0.2, -0.15) is 0 Å². The van der Waals surface area contributed by atoms with Gasteiger partial charge in [-0.3, -0.25) is 4.79 Å². The average molecular weight is 349 g/mol. The Bertz CT molecular complexity index is 884. The number of rotatable bonds is 6. The number of amides is 1. The topological polar surface area (TPSA) is 47.6 Å². The highest BCUT2D eigenvalue weighted by Crippen LogP contribution is 2.26. The fourth-order valence-corrected chi connectivity index (χ4v) is 2.85. The smallest absolute Gasteiger partial charge is 0.261 e. The second kappa shape index (κ2) is 7.91. The van der Waals surface area contributed by atoms with Gasteiger partial charge in [0.05, 0.1) is 13.2 Å². The molecule has 0 saturated carbocycles. The summed E-state index contributed by atoms with van der Waals surface area (Å²) in [5, 5.41) is 5.08. The molecule has 2 atom stereocenters. The van der Waals surface area contributed by atoms with Crippen LogP contribution in [-0.4, -0.2) is 19.1 Å². The largest absolute Gasteiger partial charge is 0.497 e. The highest BCUT2D eigenvalue weighted by Gasteiger charge is 2.18. The number of carbonyl (C=O) groups is 1. The molecule has 134 valence electrons. The summed E-state index contributed by atoms with van der Waals surface area (Å²) in [4.78, 5) is 12.5. The molecule has 0 radical (unpaired) electrons. The highest BCUT2D eigenvalue weighted by atomic mass is 16.5. The quantitative estimate of drug-likeness (QED) is 0.713. The van der Waals surface area contributed by atoms with E-state index in [0.717, 1.165) is 22.1 Å². The van der Waals surface area contributed by atoms with Crippen molar-refractivity contribution >= 4 is 16.7 Å². The van der Waals surface area contributed by atoms with E-state index in [1.165, 1.54) is 0 Å². The van der Waals surface area contributed by atoms with Crippen molar-refractivity contribution in [2.45, 2.75) is 26.0 Å². The van der Waals surface area contributed by atoms with Gasteiger partial charge in [0.15, 0.2) is 6.10 Å². The first kappa shape index (κ1) is 17.8. The molecular formula is C22H23NO3. The van der Waals surface area contributed by atoms with Crippen molar-refractivity contribution < 1.29 is 14.3 Å². The fraction of sp³-hybridized carbons (Fsp3) is 0.227. The third-order valence-electron chi connectivity index (χ3n) is 4.40. The summed E-state index contributed by atoms with van der Waals surface area (Å²) in [6, 6.07) is 21.4. The maximum Gasteiger partial charge on any atom is 0.261 e. The van der Waals surface area contributed by atoms with E-state index in [4.69, 9.17) is 9.47 Å². The Hall–Kier alpha value is -3.01. The number of benzene rings is 3. The summed E-state index contributed by atoms with van der Waals surface area (Å²) in [6.07, 6.45) is -0.596. The van der Waals surface area contributed by atoms with Crippen LogP contribution in [0.25, 0.3) is 10.8 Å². The zero-order valence-corrected chi connectivity index (χ0v) is 15.2. The first-order chi connectivity index (χ1) is 12.6. The van der Waals surface area contributed by atoms with Gasteiger partial charge in [-0.1, -0.05) is 48.5 Å². The van der Waals surface area contributed by atoms with Gasteiger partial charge in [-0.05, 0) is 43.0 Å². The molecule has 1 N–H and O–H groups in total. The maximum atomic E-state index is 12.5. The number of hydrogen-bond donors (Lipinski definition) is 1. The number of fused-ring (bicyclic) bond motifs is 1. The van der Waals surface area contributed by atoms with E-state index in [1.54, 1.807) is 14.0 Å². The number of nitrogens with one attached hydrogen (secondary N) is 1. The lowest BCUT2D eigenvalue weighted by molar-refractivity contribution is -0.127. The van der Waals surface area contributed by atoms with Crippen molar-refractivity contribution in [2.24, 2.45) is 0 Å². The molecule has 26 heavy (non-hydrogen) atoms. The van der Waals surface area contributed by atoms with Crippen LogP contribution in [0, 0.1) is 0 Å². The number of hydrogen-bond acceptors (Lipinski definition) is 3. The van der Waals surface area contributed by atoms with Crippen LogP contribution in [0.3, 0.4) is 0 Å². The maximum absolute atomic E-state index is 12.5. The molecular weight excluding hydrogens is 326 g/mol. The second-order valence-electron chi connectivity index (χ2n) is 6.24. The Kier molecular flexibility index (Phi) is 5.42. The molecule has 0 aromatic heterocycles. The normalized spacial score (nSPS) is 13.0. The number of methoxy groups -OCH3 is 1. The van der Waals surface area contributed by atoms with Crippen LogP contribution in [-0.2, 0) is 4.79 Å². The summed E-state index contributed by atoms with van der Waals surface area (Å²) in [5.74, 6) is 1.35. The third-order valence-corrected chi connectivity index (χ3v) is 4.40. The predicted octanol–water partition coefficient (Wildman–Crippen LogP) is 4.49. The number of carbonyl (C=O) groups excluding carboxylic acids is 1. The molecule has 0 spiro atoms. The lowest BCUT2D eigenvalue weighted by atomic mass is 10.1. The van der Waals surface area contributed by atoms with Crippen molar-refractivity contribution in [3.05, 3.63) is 72.3 Å². The Labute approximate surface area is 153 Å². The first-order valence-electron chi connectivity index (χ1n) is 8.67. The second-order valence-corrected chi connectivity index (χ2v) is 6.24. The highest BCUT2D eigenvalue weighted by molar-refractivity contribution is 5.89. The van der Waals surface area contributed by atoms with Crippen molar-refractivity contribution in [1.29, 1.82) is 0 Å². The molecule has 0 aliphatic carbocycles. The average Bonchev–Trinajstić information content (AvgIpc) is 2.68. The minimum Gasteiger partial charge on any atom is -0.497 e. The van der Waals surface area contributed by atoms with E-state index in [1.807, 2.05) is 73.7 Å². The first-order valence-corrected chi connectivity index (χ1v) is 8.67. The fourth-order valence-electron chi connectivity index (χ4n) is 2.85. The number of ether oxygens (including phenoxy) is 2. The van der Waals surface area contributed by atoms with Gasteiger partial charge >= 0.3 is 0 Å². The Balaban J connectivity index is 1.67. The lowest BCUT2D eigenvalue weighted by Crippen LogP contribution is -2.37.